The van der Waals surface area contributed by atoms with E-state index < -0.39 is 0 Å². The first kappa shape index (κ1) is 22.0. The maximum Gasteiger partial charge on any atom is 0.233 e. The lowest BCUT2D eigenvalue weighted by molar-refractivity contribution is -0.140. The molecule has 1 saturated heterocycles. The van der Waals surface area contributed by atoms with E-state index in [0.29, 0.717) is 25.3 Å². The molecule has 4 saturated carbocycles. The molecule has 34 heavy (non-hydrogen) atoms. The van der Waals surface area contributed by atoms with Crippen LogP contribution in [0.4, 0.5) is 0 Å². The van der Waals surface area contributed by atoms with Crippen molar-refractivity contribution < 1.29 is 19.1 Å². The predicted molar refractivity (Wildman–Crippen MR) is 127 cm³/mol. The minimum Gasteiger partial charge on any atom is -0.462 e. The molecule has 1 aromatic rings. The Hall–Kier alpha value is -2.50. The van der Waals surface area contributed by atoms with E-state index in [1.807, 2.05) is 35.2 Å². The van der Waals surface area contributed by atoms with Crippen molar-refractivity contribution in [2.45, 2.75) is 63.3 Å². The molecule has 1 aromatic carbocycles. The lowest BCUT2D eigenvalue weighted by atomic mass is 9.53. The molecular weight excluding hydrogens is 428 g/mol. The molecule has 6 nitrogen and oxygen atoms in total. The first-order valence-electron chi connectivity index (χ1n) is 13.2. The standard InChI is InChI=1S/C28H36N2O4/c31-26(29-28-14-20-10-21(15-28)12-22(11-20)16-28)23-6-8-30(9-7-23)27(32)24(25-17-33-18-34-25)13-19-4-2-1-3-5-19/h1-5,17,20-24H,6-16,18H2,(H,29,31). The molecule has 0 aromatic heterocycles. The summed E-state index contributed by atoms with van der Waals surface area (Å²) >= 11 is 0. The van der Waals surface area contributed by atoms with Crippen LogP contribution in [0.5, 0.6) is 0 Å². The van der Waals surface area contributed by atoms with E-state index in [0.717, 1.165) is 36.2 Å². The molecule has 5 fully saturated rings. The Balaban J connectivity index is 1.07. The van der Waals surface area contributed by atoms with E-state index in [1.54, 1.807) is 6.26 Å². The van der Waals surface area contributed by atoms with Gasteiger partial charge in [0.1, 0.15) is 17.9 Å². The number of ether oxygens (including phenoxy) is 2. The molecule has 6 aliphatic rings. The molecule has 182 valence electrons. The smallest absolute Gasteiger partial charge is 0.233 e. The fourth-order valence-corrected chi connectivity index (χ4v) is 7.80. The average Bonchev–Trinajstić information content (AvgIpc) is 3.36. The van der Waals surface area contributed by atoms with Crippen molar-refractivity contribution in [1.82, 2.24) is 10.2 Å². The normalized spacial score (nSPS) is 33.1. The highest BCUT2D eigenvalue weighted by atomic mass is 16.7. The highest BCUT2D eigenvalue weighted by Gasteiger charge is 2.52. The third-order valence-electron chi connectivity index (χ3n) is 9.02. The molecular formula is C28H36N2O4. The highest BCUT2D eigenvalue weighted by Crippen LogP contribution is 2.55. The number of nitrogens with one attached hydrogen (secondary N) is 1. The van der Waals surface area contributed by atoms with E-state index in [9.17, 15) is 9.59 Å². The Morgan fingerprint density at radius 1 is 1.00 bits per heavy atom. The zero-order valence-corrected chi connectivity index (χ0v) is 19.9. The Morgan fingerprint density at radius 2 is 1.65 bits per heavy atom. The summed E-state index contributed by atoms with van der Waals surface area (Å²) in [5.41, 5.74) is 1.16. The van der Waals surface area contributed by atoms with Crippen LogP contribution in [0.3, 0.4) is 0 Å². The van der Waals surface area contributed by atoms with Crippen LogP contribution < -0.4 is 5.32 Å². The molecule has 1 N–H and O–H groups in total. The zero-order valence-electron chi connectivity index (χ0n) is 19.9. The Labute approximate surface area is 202 Å². The van der Waals surface area contributed by atoms with Crippen molar-refractivity contribution in [3.05, 3.63) is 47.9 Å². The van der Waals surface area contributed by atoms with Gasteiger partial charge < -0.3 is 19.7 Å². The Morgan fingerprint density at radius 3 is 2.24 bits per heavy atom. The van der Waals surface area contributed by atoms with Gasteiger partial charge in [-0.3, -0.25) is 9.59 Å². The number of likely N-dealkylation sites (tertiary alicyclic amines) is 1. The van der Waals surface area contributed by atoms with E-state index in [4.69, 9.17) is 9.47 Å². The largest absolute Gasteiger partial charge is 0.462 e. The van der Waals surface area contributed by atoms with Crippen molar-refractivity contribution in [3.63, 3.8) is 0 Å². The lowest BCUT2D eigenvalue weighted by Crippen LogP contribution is -2.61. The molecule has 2 heterocycles. The molecule has 4 aliphatic carbocycles. The monoisotopic (exact) mass is 464 g/mol. The number of hydrogen-bond donors (Lipinski definition) is 1. The summed E-state index contributed by atoms with van der Waals surface area (Å²) in [5, 5.41) is 3.55. The van der Waals surface area contributed by atoms with Gasteiger partial charge in [-0.25, -0.2) is 0 Å². The van der Waals surface area contributed by atoms with Gasteiger partial charge in [0.15, 0.2) is 0 Å². The Kier molecular flexibility index (Phi) is 5.78. The molecule has 6 heteroatoms. The van der Waals surface area contributed by atoms with Gasteiger partial charge in [-0.05, 0) is 81.1 Å². The van der Waals surface area contributed by atoms with Crippen LogP contribution in [0.15, 0.2) is 42.4 Å². The van der Waals surface area contributed by atoms with E-state index in [-0.39, 0.29) is 36.0 Å². The molecule has 7 rings (SSSR count). The number of carbonyl (C=O) groups is 2. The maximum atomic E-state index is 13.5. The molecule has 0 spiro atoms. The number of nitrogens with zero attached hydrogens (tertiary/aromatic N) is 1. The second kappa shape index (κ2) is 8.94. The molecule has 0 radical (unpaired) electrons. The second-order valence-electron chi connectivity index (χ2n) is 11.5. The summed E-state index contributed by atoms with van der Waals surface area (Å²) in [5.74, 6) is 2.99. The summed E-state index contributed by atoms with van der Waals surface area (Å²) in [6.45, 7) is 1.41. The van der Waals surface area contributed by atoms with Gasteiger partial charge in [-0.1, -0.05) is 30.3 Å². The summed E-state index contributed by atoms with van der Waals surface area (Å²) in [4.78, 5) is 28.7. The number of carbonyl (C=O) groups excluding carboxylic acids is 2. The number of piperidine rings is 1. The van der Waals surface area contributed by atoms with Gasteiger partial charge in [-0.2, -0.15) is 0 Å². The van der Waals surface area contributed by atoms with Crippen LogP contribution >= 0.6 is 0 Å². The van der Waals surface area contributed by atoms with Crippen LogP contribution in [0.2, 0.25) is 0 Å². The quantitative estimate of drug-likeness (QED) is 0.691. The maximum absolute atomic E-state index is 13.5. The van der Waals surface area contributed by atoms with Gasteiger partial charge in [0.25, 0.3) is 0 Å². The molecule has 1 unspecified atom stereocenters. The van der Waals surface area contributed by atoms with Gasteiger partial charge >= 0.3 is 0 Å². The third-order valence-corrected chi connectivity index (χ3v) is 9.02. The first-order valence-corrected chi connectivity index (χ1v) is 13.2. The van der Waals surface area contributed by atoms with Gasteiger partial charge in [-0.15, -0.1) is 0 Å². The first-order chi connectivity index (χ1) is 16.6. The summed E-state index contributed by atoms with van der Waals surface area (Å²) in [7, 11) is 0. The van der Waals surface area contributed by atoms with Gasteiger partial charge in [0.2, 0.25) is 18.6 Å². The van der Waals surface area contributed by atoms with Crippen molar-refractivity contribution >= 4 is 11.8 Å². The summed E-state index contributed by atoms with van der Waals surface area (Å²) < 4.78 is 10.9. The molecule has 1 atom stereocenters. The summed E-state index contributed by atoms with van der Waals surface area (Å²) in [6.07, 6.45) is 11.3. The number of amides is 2. The Bertz CT molecular complexity index is 915. The van der Waals surface area contributed by atoms with Crippen LogP contribution in [-0.2, 0) is 25.5 Å². The van der Waals surface area contributed by atoms with Crippen molar-refractivity contribution in [2.24, 2.45) is 29.6 Å². The van der Waals surface area contributed by atoms with Crippen LogP contribution in [0, 0.1) is 29.6 Å². The fourth-order valence-electron chi connectivity index (χ4n) is 7.80. The molecule has 4 bridgehead atoms. The highest BCUT2D eigenvalue weighted by molar-refractivity contribution is 5.83. The average molecular weight is 465 g/mol. The molecule has 2 aliphatic heterocycles. The fraction of sp³-hybridized carbons (Fsp3) is 0.643. The minimum atomic E-state index is -0.387. The van der Waals surface area contributed by atoms with Crippen LogP contribution in [0.1, 0.15) is 56.9 Å². The van der Waals surface area contributed by atoms with Crippen molar-refractivity contribution in [3.8, 4) is 0 Å². The topological polar surface area (TPSA) is 67.9 Å². The second-order valence-corrected chi connectivity index (χ2v) is 11.5. The van der Waals surface area contributed by atoms with Gasteiger partial charge in [0, 0.05) is 24.5 Å². The predicted octanol–water partition coefficient (Wildman–Crippen LogP) is 4.01. The van der Waals surface area contributed by atoms with Crippen molar-refractivity contribution in [1.29, 1.82) is 0 Å². The van der Waals surface area contributed by atoms with Gasteiger partial charge in [0.05, 0.1) is 0 Å². The SMILES string of the molecule is O=C(NC12CC3CC(CC(C3)C1)C2)C1CCN(C(=O)C(Cc2ccccc2)C2=COCO2)CC1. The zero-order chi connectivity index (χ0) is 23.1. The molecule has 2 amide bonds. The van der Waals surface area contributed by atoms with E-state index in [1.165, 1.54) is 38.5 Å². The number of rotatable bonds is 6. The summed E-state index contributed by atoms with van der Waals surface area (Å²) in [6, 6.07) is 10.0. The third kappa shape index (κ3) is 4.32. The number of hydrogen-bond acceptors (Lipinski definition) is 4. The van der Waals surface area contributed by atoms with E-state index >= 15 is 0 Å². The minimum absolute atomic E-state index is 0.00917. The van der Waals surface area contributed by atoms with E-state index in [2.05, 4.69) is 5.32 Å². The van der Waals surface area contributed by atoms with Crippen LogP contribution in [0.25, 0.3) is 0 Å². The van der Waals surface area contributed by atoms with Crippen molar-refractivity contribution in [2.75, 3.05) is 19.9 Å². The lowest BCUT2D eigenvalue weighted by Gasteiger charge is -2.57. The number of benzene rings is 1. The van der Waals surface area contributed by atoms with Crippen LogP contribution in [-0.4, -0.2) is 42.1 Å².